The Balaban J connectivity index is 1.73. The van der Waals surface area contributed by atoms with Crippen molar-refractivity contribution < 1.29 is 19.4 Å². The van der Waals surface area contributed by atoms with Crippen LogP contribution in [0.2, 0.25) is 0 Å². The van der Waals surface area contributed by atoms with Crippen molar-refractivity contribution >= 4 is 23.4 Å². The fourth-order valence-corrected chi connectivity index (χ4v) is 2.71. The first-order valence-corrected chi connectivity index (χ1v) is 7.52. The summed E-state index contributed by atoms with van der Waals surface area (Å²) in [6.45, 7) is 2.22. The van der Waals surface area contributed by atoms with Crippen molar-refractivity contribution in [2.45, 2.75) is 20.0 Å². The van der Waals surface area contributed by atoms with Gasteiger partial charge in [-0.2, -0.15) is 0 Å². The van der Waals surface area contributed by atoms with Crippen molar-refractivity contribution in [3.63, 3.8) is 0 Å². The van der Waals surface area contributed by atoms with Crippen molar-refractivity contribution in [2.75, 3.05) is 6.54 Å². The topological polar surface area (TPSA) is 88.5 Å². The molecule has 0 unspecified atom stereocenters. The second-order valence-electron chi connectivity index (χ2n) is 4.57. The number of ether oxygens (including phenoxy) is 1. The van der Waals surface area contributed by atoms with Gasteiger partial charge in [-0.05, 0) is 12.5 Å². The molecule has 6 nitrogen and oxygen atoms in total. The molecule has 0 atom stereocenters. The van der Waals surface area contributed by atoms with E-state index in [4.69, 9.17) is 9.84 Å². The predicted octanol–water partition coefficient (Wildman–Crippen LogP) is 2.62. The number of carboxylic acids is 1. The highest BCUT2D eigenvalue weighted by molar-refractivity contribution is 7.13. The van der Waals surface area contributed by atoms with E-state index in [1.54, 1.807) is 6.92 Å². The van der Waals surface area contributed by atoms with Gasteiger partial charge in [-0.1, -0.05) is 30.3 Å². The summed E-state index contributed by atoms with van der Waals surface area (Å²) in [4.78, 5) is 26.9. The quantitative estimate of drug-likeness (QED) is 0.854. The monoisotopic (exact) mass is 320 g/mol. The van der Waals surface area contributed by atoms with Crippen LogP contribution in [0.25, 0.3) is 0 Å². The van der Waals surface area contributed by atoms with E-state index in [2.05, 4.69) is 10.3 Å². The van der Waals surface area contributed by atoms with Gasteiger partial charge in [-0.25, -0.2) is 14.6 Å². The Kier molecular flexibility index (Phi) is 5.48. The smallest absolute Gasteiger partial charge is 0.407 e. The van der Waals surface area contributed by atoms with E-state index >= 15 is 0 Å². The van der Waals surface area contributed by atoms with E-state index in [1.165, 1.54) is 0 Å². The van der Waals surface area contributed by atoms with Gasteiger partial charge in [0.05, 0.1) is 10.7 Å². The van der Waals surface area contributed by atoms with Crippen LogP contribution >= 0.6 is 11.3 Å². The Bertz CT molecular complexity index is 655. The number of benzene rings is 1. The number of carbonyl (C=O) groups is 2. The van der Waals surface area contributed by atoms with Crippen LogP contribution in [-0.2, 0) is 17.8 Å². The van der Waals surface area contributed by atoms with Gasteiger partial charge >= 0.3 is 12.1 Å². The molecule has 2 aromatic rings. The van der Waals surface area contributed by atoms with E-state index in [1.807, 2.05) is 30.3 Å². The Hall–Kier alpha value is -2.41. The summed E-state index contributed by atoms with van der Waals surface area (Å²) in [7, 11) is 0. The molecule has 1 heterocycles. The third-order valence-electron chi connectivity index (χ3n) is 2.86. The van der Waals surface area contributed by atoms with Crippen LogP contribution in [0.5, 0.6) is 0 Å². The van der Waals surface area contributed by atoms with Crippen LogP contribution in [0.4, 0.5) is 4.79 Å². The standard InChI is InChI=1S/C15H16N2O4S/c1-10-13(14(18)19)22-12(17-10)7-8-16-15(20)21-9-11-5-3-2-4-6-11/h2-6H,7-9H2,1H3,(H,16,20)(H,18,19). The van der Waals surface area contributed by atoms with Crippen LogP contribution in [0.15, 0.2) is 30.3 Å². The molecule has 1 aromatic heterocycles. The molecule has 116 valence electrons. The summed E-state index contributed by atoms with van der Waals surface area (Å²) in [5, 5.41) is 12.2. The lowest BCUT2D eigenvalue weighted by atomic mass is 10.2. The normalized spacial score (nSPS) is 10.2. The summed E-state index contributed by atoms with van der Waals surface area (Å²) in [6, 6.07) is 9.39. The van der Waals surface area contributed by atoms with Crippen LogP contribution < -0.4 is 5.32 Å². The number of aromatic nitrogens is 1. The number of nitrogens with one attached hydrogen (secondary N) is 1. The number of carboxylic acid groups (broad SMARTS) is 1. The molecule has 7 heteroatoms. The van der Waals surface area contributed by atoms with E-state index in [9.17, 15) is 9.59 Å². The second-order valence-corrected chi connectivity index (χ2v) is 5.65. The molecular formula is C15H16N2O4S. The average Bonchev–Trinajstić information content (AvgIpc) is 2.87. The Morgan fingerprint density at radius 3 is 2.68 bits per heavy atom. The zero-order chi connectivity index (χ0) is 15.9. The second kappa shape index (κ2) is 7.56. The minimum absolute atomic E-state index is 0.214. The molecule has 0 aliphatic rings. The van der Waals surface area contributed by atoms with E-state index < -0.39 is 12.1 Å². The Labute approximate surface area is 131 Å². The molecule has 0 radical (unpaired) electrons. The molecule has 22 heavy (non-hydrogen) atoms. The number of carbonyl (C=O) groups excluding carboxylic acids is 1. The van der Waals surface area contributed by atoms with Crippen molar-refractivity contribution in [1.82, 2.24) is 10.3 Å². The van der Waals surface area contributed by atoms with E-state index in [-0.39, 0.29) is 11.5 Å². The summed E-state index contributed by atoms with van der Waals surface area (Å²) >= 11 is 1.13. The fourth-order valence-electron chi connectivity index (χ4n) is 1.80. The lowest BCUT2D eigenvalue weighted by Crippen LogP contribution is -2.26. The van der Waals surface area contributed by atoms with Crippen LogP contribution in [0, 0.1) is 6.92 Å². The van der Waals surface area contributed by atoms with Gasteiger partial charge in [0.15, 0.2) is 0 Å². The number of hydrogen-bond acceptors (Lipinski definition) is 5. The third kappa shape index (κ3) is 4.56. The lowest BCUT2D eigenvalue weighted by molar-refractivity contribution is 0.0701. The minimum atomic E-state index is -0.975. The predicted molar refractivity (Wildman–Crippen MR) is 82.1 cm³/mol. The molecule has 2 N–H and O–H groups in total. The number of rotatable bonds is 6. The zero-order valence-corrected chi connectivity index (χ0v) is 12.9. The van der Waals surface area contributed by atoms with Gasteiger partial charge in [0.2, 0.25) is 0 Å². The highest BCUT2D eigenvalue weighted by Crippen LogP contribution is 2.18. The van der Waals surface area contributed by atoms with Crippen molar-refractivity contribution in [1.29, 1.82) is 0 Å². The van der Waals surface area contributed by atoms with Gasteiger partial charge in [-0.15, -0.1) is 11.3 Å². The Morgan fingerprint density at radius 1 is 1.32 bits per heavy atom. The van der Waals surface area contributed by atoms with Crippen LogP contribution in [-0.4, -0.2) is 28.7 Å². The van der Waals surface area contributed by atoms with Gasteiger partial charge in [0, 0.05) is 13.0 Å². The zero-order valence-electron chi connectivity index (χ0n) is 12.0. The SMILES string of the molecule is Cc1nc(CCNC(=O)OCc2ccccc2)sc1C(=O)O. The minimum Gasteiger partial charge on any atom is -0.477 e. The molecule has 0 aliphatic heterocycles. The highest BCUT2D eigenvalue weighted by atomic mass is 32.1. The van der Waals surface area contributed by atoms with E-state index in [0.29, 0.717) is 23.7 Å². The summed E-state index contributed by atoms with van der Waals surface area (Å²) in [5.74, 6) is -0.975. The highest BCUT2D eigenvalue weighted by Gasteiger charge is 2.13. The van der Waals surface area contributed by atoms with Gasteiger partial charge in [-0.3, -0.25) is 0 Å². The average molecular weight is 320 g/mol. The number of aryl methyl sites for hydroxylation is 1. The van der Waals surface area contributed by atoms with Crippen molar-refractivity contribution in [3.05, 3.63) is 51.5 Å². The molecule has 0 saturated carbocycles. The van der Waals surface area contributed by atoms with Gasteiger partial charge < -0.3 is 15.2 Å². The summed E-state index contributed by atoms with van der Waals surface area (Å²) in [6.07, 6.45) is -0.0326. The third-order valence-corrected chi connectivity index (χ3v) is 4.06. The largest absolute Gasteiger partial charge is 0.477 e. The van der Waals surface area contributed by atoms with Gasteiger partial charge in [0.1, 0.15) is 11.5 Å². The first-order valence-electron chi connectivity index (χ1n) is 6.70. The first-order chi connectivity index (χ1) is 10.6. The molecule has 0 aliphatic carbocycles. The number of alkyl carbamates (subject to hydrolysis) is 1. The van der Waals surface area contributed by atoms with Crippen LogP contribution in [0.3, 0.4) is 0 Å². The summed E-state index contributed by atoms with van der Waals surface area (Å²) < 4.78 is 5.07. The number of hydrogen-bond donors (Lipinski definition) is 2. The molecule has 0 fully saturated rings. The molecule has 0 saturated heterocycles. The molecular weight excluding hydrogens is 304 g/mol. The van der Waals surface area contributed by atoms with Crippen molar-refractivity contribution in [3.8, 4) is 0 Å². The maximum Gasteiger partial charge on any atom is 0.407 e. The van der Waals surface area contributed by atoms with Gasteiger partial charge in [0.25, 0.3) is 0 Å². The van der Waals surface area contributed by atoms with Crippen LogP contribution in [0.1, 0.15) is 25.9 Å². The summed E-state index contributed by atoms with van der Waals surface area (Å²) in [5.41, 5.74) is 1.42. The number of thiazole rings is 1. The first kappa shape index (κ1) is 16.0. The molecule has 1 amide bonds. The number of amides is 1. The maximum atomic E-state index is 11.5. The molecule has 2 rings (SSSR count). The van der Waals surface area contributed by atoms with Crippen molar-refractivity contribution in [2.24, 2.45) is 0 Å². The Morgan fingerprint density at radius 2 is 2.05 bits per heavy atom. The number of nitrogens with zero attached hydrogens (tertiary/aromatic N) is 1. The fraction of sp³-hybridized carbons (Fsp3) is 0.267. The lowest BCUT2D eigenvalue weighted by Gasteiger charge is -2.06. The maximum absolute atomic E-state index is 11.5. The van der Waals surface area contributed by atoms with E-state index in [0.717, 1.165) is 16.9 Å². The number of aromatic carboxylic acids is 1. The molecule has 0 bridgehead atoms. The molecule has 0 spiro atoms. The molecule has 1 aromatic carbocycles.